The van der Waals surface area contributed by atoms with E-state index in [-0.39, 0.29) is 6.17 Å². The van der Waals surface area contributed by atoms with E-state index in [2.05, 4.69) is 65.9 Å². The highest BCUT2D eigenvalue weighted by atomic mass is 15.4. The molecular formula is C17H17N3. The lowest BCUT2D eigenvalue weighted by Gasteiger charge is -2.29. The van der Waals surface area contributed by atoms with E-state index in [0.717, 1.165) is 5.56 Å². The summed E-state index contributed by atoms with van der Waals surface area (Å²) < 4.78 is 0. The molecule has 1 unspecified atom stereocenters. The zero-order valence-corrected chi connectivity index (χ0v) is 12.0. The van der Waals surface area contributed by atoms with Gasteiger partial charge in [0.25, 0.3) is 0 Å². The van der Waals surface area contributed by atoms with Crippen molar-refractivity contribution in [1.29, 1.82) is 0 Å². The van der Waals surface area contributed by atoms with Gasteiger partial charge in [-0.2, -0.15) is 0 Å². The highest BCUT2D eigenvalue weighted by Gasteiger charge is 2.31. The first-order valence-electron chi connectivity index (χ1n) is 6.72. The normalized spacial score (nSPS) is 17.0. The van der Waals surface area contributed by atoms with Crippen LogP contribution in [0.15, 0.2) is 42.5 Å². The van der Waals surface area contributed by atoms with Gasteiger partial charge in [0, 0.05) is 12.7 Å². The summed E-state index contributed by atoms with van der Waals surface area (Å²) in [5, 5.41) is 0. The van der Waals surface area contributed by atoms with Crippen molar-refractivity contribution in [3.05, 3.63) is 59.4 Å². The summed E-state index contributed by atoms with van der Waals surface area (Å²) in [5.41, 5.74) is 5.46. The van der Waals surface area contributed by atoms with E-state index >= 15 is 0 Å². The predicted octanol–water partition coefficient (Wildman–Crippen LogP) is 4.48. The van der Waals surface area contributed by atoms with Gasteiger partial charge in [-0.1, -0.05) is 24.3 Å². The zero-order valence-electron chi connectivity index (χ0n) is 12.0. The molecule has 0 bridgehead atoms. The van der Waals surface area contributed by atoms with Crippen molar-refractivity contribution in [2.75, 3.05) is 16.8 Å². The van der Waals surface area contributed by atoms with Gasteiger partial charge >= 0.3 is 0 Å². The van der Waals surface area contributed by atoms with Crippen LogP contribution in [-0.2, 0) is 0 Å². The van der Waals surface area contributed by atoms with Crippen LogP contribution in [-0.4, -0.2) is 13.2 Å². The van der Waals surface area contributed by atoms with Crippen LogP contribution in [0.4, 0.5) is 22.7 Å². The average Bonchev–Trinajstić information content (AvgIpc) is 2.72. The summed E-state index contributed by atoms with van der Waals surface area (Å²) in [7, 11) is 2.12. The molecule has 3 rings (SSSR count). The lowest BCUT2D eigenvalue weighted by molar-refractivity contribution is 0.733. The Morgan fingerprint density at radius 1 is 1.05 bits per heavy atom. The molecule has 1 aliphatic heterocycles. The number of fused-ring (bicyclic) bond motifs is 1. The van der Waals surface area contributed by atoms with E-state index in [1.807, 2.05) is 12.1 Å². The summed E-state index contributed by atoms with van der Waals surface area (Å²) in [6.07, 6.45) is 0.268. The first-order valence-corrected chi connectivity index (χ1v) is 6.72. The standard InChI is InChI=1S/C17H17N3/c1-12-11-14(18-3)9-10-15(12)20-13(2)19(4)16-7-5-6-8-17(16)20/h5-11,13H,1-2,4H3. The number of anilines is 3. The number of nitrogens with zero attached hydrogens (tertiary/aromatic N) is 3. The van der Waals surface area contributed by atoms with Gasteiger partial charge in [0.15, 0.2) is 5.69 Å². The van der Waals surface area contributed by atoms with E-state index in [9.17, 15) is 0 Å². The highest BCUT2D eigenvalue weighted by molar-refractivity contribution is 5.84. The summed E-state index contributed by atoms with van der Waals surface area (Å²) in [6.45, 7) is 11.4. The summed E-state index contributed by atoms with van der Waals surface area (Å²) in [5.74, 6) is 0. The molecule has 1 aliphatic rings. The van der Waals surface area contributed by atoms with E-state index in [0.29, 0.717) is 5.69 Å². The number of aryl methyl sites for hydroxylation is 1. The highest BCUT2D eigenvalue weighted by Crippen LogP contribution is 2.44. The second kappa shape index (κ2) is 4.57. The summed E-state index contributed by atoms with van der Waals surface area (Å²) in [4.78, 5) is 8.11. The number of rotatable bonds is 1. The maximum absolute atomic E-state index is 7.11. The second-order valence-corrected chi connectivity index (χ2v) is 5.18. The molecule has 3 heteroatoms. The molecule has 20 heavy (non-hydrogen) atoms. The number of hydrogen-bond donors (Lipinski definition) is 0. The minimum absolute atomic E-state index is 0.268. The number of para-hydroxylation sites is 2. The van der Waals surface area contributed by atoms with Crippen LogP contribution in [0.3, 0.4) is 0 Å². The van der Waals surface area contributed by atoms with Crippen LogP contribution in [0.5, 0.6) is 0 Å². The quantitative estimate of drug-likeness (QED) is 0.702. The lowest BCUT2D eigenvalue weighted by atomic mass is 10.1. The van der Waals surface area contributed by atoms with Crippen molar-refractivity contribution in [2.45, 2.75) is 20.0 Å². The van der Waals surface area contributed by atoms with Crippen LogP contribution < -0.4 is 9.80 Å². The Morgan fingerprint density at radius 2 is 1.75 bits per heavy atom. The molecule has 3 nitrogen and oxygen atoms in total. The minimum Gasteiger partial charge on any atom is -0.353 e. The molecule has 1 atom stereocenters. The van der Waals surface area contributed by atoms with Crippen molar-refractivity contribution in [3.8, 4) is 0 Å². The maximum atomic E-state index is 7.11. The van der Waals surface area contributed by atoms with Crippen LogP contribution in [0.1, 0.15) is 12.5 Å². The Kier molecular flexibility index (Phi) is 2.87. The van der Waals surface area contributed by atoms with E-state index in [4.69, 9.17) is 6.57 Å². The van der Waals surface area contributed by atoms with Crippen LogP contribution in [0.2, 0.25) is 0 Å². The van der Waals surface area contributed by atoms with E-state index in [1.165, 1.54) is 17.1 Å². The van der Waals surface area contributed by atoms with Crippen molar-refractivity contribution in [1.82, 2.24) is 0 Å². The average molecular weight is 263 g/mol. The fourth-order valence-electron chi connectivity index (χ4n) is 2.85. The van der Waals surface area contributed by atoms with Crippen molar-refractivity contribution < 1.29 is 0 Å². The Bertz CT molecular complexity index is 700. The zero-order chi connectivity index (χ0) is 14.3. The molecule has 1 heterocycles. The van der Waals surface area contributed by atoms with Gasteiger partial charge < -0.3 is 9.80 Å². The van der Waals surface area contributed by atoms with E-state index < -0.39 is 0 Å². The van der Waals surface area contributed by atoms with Gasteiger partial charge in [-0.05, 0) is 37.6 Å². The third-order valence-corrected chi connectivity index (χ3v) is 4.02. The maximum Gasteiger partial charge on any atom is 0.187 e. The Balaban J connectivity index is 2.14. The lowest BCUT2D eigenvalue weighted by Crippen LogP contribution is -2.35. The predicted molar refractivity (Wildman–Crippen MR) is 83.9 cm³/mol. The molecule has 2 aromatic rings. The molecule has 0 saturated carbocycles. The minimum atomic E-state index is 0.268. The molecular weight excluding hydrogens is 246 g/mol. The fourth-order valence-corrected chi connectivity index (χ4v) is 2.85. The summed E-state index contributed by atoms with van der Waals surface area (Å²) >= 11 is 0. The van der Waals surface area contributed by atoms with Crippen molar-refractivity contribution in [3.63, 3.8) is 0 Å². The molecule has 0 N–H and O–H groups in total. The molecule has 2 aromatic carbocycles. The molecule has 0 spiro atoms. The van der Waals surface area contributed by atoms with Gasteiger partial charge in [-0.25, -0.2) is 4.85 Å². The SMILES string of the molecule is [C-]#[N+]c1ccc(N2c3ccccc3N(C)C2C)c(C)c1. The first-order chi connectivity index (χ1) is 9.63. The van der Waals surface area contributed by atoms with Crippen LogP contribution in [0.25, 0.3) is 4.85 Å². The topological polar surface area (TPSA) is 10.8 Å². The molecule has 0 saturated heterocycles. The monoisotopic (exact) mass is 263 g/mol. The Hall–Kier alpha value is -2.47. The van der Waals surface area contributed by atoms with Gasteiger partial charge in [-0.3, -0.25) is 0 Å². The van der Waals surface area contributed by atoms with E-state index in [1.54, 1.807) is 0 Å². The van der Waals surface area contributed by atoms with Gasteiger partial charge in [0.1, 0.15) is 6.17 Å². The van der Waals surface area contributed by atoms with Crippen LogP contribution >= 0.6 is 0 Å². The van der Waals surface area contributed by atoms with Crippen molar-refractivity contribution in [2.24, 2.45) is 0 Å². The Labute approximate surface area is 119 Å². The van der Waals surface area contributed by atoms with Crippen LogP contribution in [0, 0.1) is 13.5 Å². The molecule has 100 valence electrons. The third-order valence-electron chi connectivity index (χ3n) is 4.02. The summed E-state index contributed by atoms with van der Waals surface area (Å²) in [6, 6.07) is 14.3. The fraction of sp³-hybridized carbons (Fsp3) is 0.235. The van der Waals surface area contributed by atoms with Crippen molar-refractivity contribution >= 4 is 22.7 Å². The molecule has 0 radical (unpaired) electrons. The number of hydrogen-bond acceptors (Lipinski definition) is 2. The van der Waals surface area contributed by atoms with Gasteiger partial charge in [-0.15, -0.1) is 0 Å². The molecule has 0 amide bonds. The number of benzene rings is 2. The largest absolute Gasteiger partial charge is 0.353 e. The van der Waals surface area contributed by atoms with Gasteiger partial charge in [0.05, 0.1) is 17.9 Å². The Morgan fingerprint density at radius 3 is 2.40 bits per heavy atom. The molecule has 0 aromatic heterocycles. The van der Waals surface area contributed by atoms with Gasteiger partial charge in [0.2, 0.25) is 0 Å². The molecule has 0 fully saturated rings. The second-order valence-electron chi connectivity index (χ2n) is 5.18. The molecule has 0 aliphatic carbocycles. The smallest absolute Gasteiger partial charge is 0.187 e. The first kappa shape index (κ1) is 12.6. The third kappa shape index (κ3) is 1.73.